The number of nitrogens with zero attached hydrogens (tertiary/aromatic N) is 2. The number of benzene rings is 1. The van der Waals surface area contributed by atoms with E-state index in [0.29, 0.717) is 28.2 Å². The van der Waals surface area contributed by atoms with Gasteiger partial charge in [0.2, 0.25) is 5.91 Å². The number of carbonyl (C=O) groups is 1. The summed E-state index contributed by atoms with van der Waals surface area (Å²) >= 11 is 17.9. The van der Waals surface area contributed by atoms with Crippen LogP contribution in [0.4, 0.5) is 5.69 Å². The molecule has 0 radical (unpaired) electrons. The fraction of sp³-hybridized carbons (Fsp3) is 0.143. The molecule has 1 aliphatic rings. The molecule has 102 valence electrons. The van der Waals surface area contributed by atoms with E-state index in [1.54, 1.807) is 29.3 Å². The lowest BCUT2D eigenvalue weighted by Crippen LogP contribution is -2.26. The number of hydrogen-bond acceptors (Lipinski definition) is 2. The van der Waals surface area contributed by atoms with Crippen LogP contribution in [0.15, 0.2) is 30.5 Å². The number of fused-ring (bicyclic) bond motifs is 1. The molecule has 0 atom stereocenters. The van der Waals surface area contributed by atoms with Crippen LogP contribution in [0.2, 0.25) is 15.2 Å². The molecule has 0 saturated carbocycles. The van der Waals surface area contributed by atoms with Crippen LogP contribution in [-0.2, 0) is 17.8 Å². The summed E-state index contributed by atoms with van der Waals surface area (Å²) in [4.78, 5) is 17.8. The smallest absolute Gasteiger partial charge is 0.231 e. The van der Waals surface area contributed by atoms with Gasteiger partial charge in [0.25, 0.3) is 0 Å². The standard InChI is InChI=1S/C14H9Cl3N2O/c15-10-2-1-8-3-14(20)19(12(8)4-10)7-9-6-18-13(17)5-11(9)16/h1-2,4-6H,3,7H2. The summed E-state index contributed by atoms with van der Waals surface area (Å²) in [6.45, 7) is 0.356. The van der Waals surface area contributed by atoms with Crippen molar-refractivity contribution in [2.75, 3.05) is 4.90 Å². The maximum absolute atomic E-state index is 12.1. The third-order valence-corrected chi connectivity index (χ3v) is 4.00. The Labute approximate surface area is 131 Å². The van der Waals surface area contributed by atoms with Gasteiger partial charge in [-0.1, -0.05) is 40.9 Å². The highest BCUT2D eigenvalue weighted by Crippen LogP contribution is 2.33. The molecule has 0 bridgehead atoms. The van der Waals surface area contributed by atoms with E-state index in [0.717, 1.165) is 16.8 Å². The van der Waals surface area contributed by atoms with E-state index in [9.17, 15) is 4.79 Å². The SMILES string of the molecule is O=C1Cc2ccc(Cl)cc2N1Cc1cnc(Cl)cc1Cl. The van der Waals surface area contributed by atoms with Gasteiger partial charge in [0.1, 0.15) is 5.15 Å². The summed E-state index contributed by atoms with van der Waals surface area (Å²) in [5.74, 6) is 0.0216. The van der Waals surface area contributed by atoms with E-state index in [1.165, 1.54) is 0 Å². The second kappa shape index (κ2) is 5.24. The van der Waals surface area contributed by atoms with Crippen molar-refractivity contribution in [3.05, 3.63) is 56.8 Å². The second-order valence-corrected chi connectivity index (χ2v) is 5.76. The average Bonchev–Trinajstić information content (AvgIpc) is 2.69. The molecule has 0 unspecified atom stereocenters. The first-order chi connectivity index (χ1) is 9.54. The van der Waals surface area contributed by atoms with Gasteiger partial charge in [-0.2, -0.15) is 0 Å². The predicted molar refractivity (Wildman–Crippen MR) is 80.6 cm³/mol. The predicted octanol–water partition coefficient (Wildman–Crippen LogP) is 4.13. The zero-order valence-corrected chi connectivity index (χ0v) is 12.5. The van der Waals surface area contributed by atoms with Gasteiger partial charge < -0.3 is 4.90 Å². The minimum atomic E-state index is 0.0216. The quantitative estimate of drug-likeness (QED) is 0.777. The summed E-state index contributed by atoms with van der Waals surface area (Å²) in [6, 6.07) is 7.02. The van der Waals surface area contributed by atoms with Crippen molar-refractivity contribution < 1.29 is 4.79 Å². The van der Waals surface area contributed by atoms with Crippen LogP contribution in [0.3, 0.4) is 0 Å². The molecule has 3 rings (SSSR count). The molecular weight excluding hydrogens is 319 g/mol. The molecule has 0 fully saturated rings. The first kappa shape index (κ1) is 13.7. The zero-order chi connectivity index (χ0) is 14.3. The number of aromatic nitrogens is 1. The zero-order valence-electron chi connectivity index (χ0n) is 10.2. The lowest BCUT2D eigenvalue weighted by Gasteiger charge is -2.18. The fourth-order valence-corrected chi connectivity index (χ4v) is 2.82. The number of rotatable bonds is 2. The lowest BCUT2D eigenvalue weighted by atomic mass is 10.2. The number of hydrogen-bond donors (Lipinski definition) is 0. The van der Waals surface area contributed by atoms with Gasteiger partial charge in [-0.15, -0.1) is 0 Å². The van der Waals surface area contributed by atoms with Gasteiger partial charge in [0.15, 0.2) is 0 Å². The maximum Gasteiger partial charge on any atom is 0.231 e. The topological polar surface area (TPSA) is 33.2 Å². The van der Waals surface area contributed by atoms with E-state index in [1.807, 2.05) is 6.07 Å². The van der Waals surface area contributed by atoms with Crippen LogP contribution in [0.25, 0.3) is 0 Å². The lowest BCUT2D eigenvalue weighted by molar-refractivity contribution is -0.117. The first-order valence-corrected chi connectivity index (χ1v) is 7.06. The third-order valence-electron chi connectivity index (χ3n) is 3.21. The Morgan fingerprint density at radius 2 is 2.00 bits per heavy atom. The van der Waals surface area contributed by atoms with Crippen molar-refractivity contribution in [3.63, 3.8) is 0 Å². The van der Waals surface area contributed by atoms with Crippen molar-refractivity contribution in [1.82, 2.24) is 4.98 Å². The van der Waals surface area contributed by atoms with Crippen molar-refractivity contribution in [2.24, 2.45) is 0 Å². The Bertz CT molecular complexity index is 703. The molecule has 1 aliphatic heterocycles. The van der Waals surface area contributed by atoms with Crippen LogP contribution >= 0.6 is 34.8 Å². The Hall–Kier alpha value is -1.29. The molecule has 6 heteroatoms. The van der Waals surface area contributed by atoms with E-state index >= 15 is 0 Å². The number of anilines is 1. The summed E-state index contributed by atoms with van der Waals surface area (Å²) in [5.41, 5.74) is 2.54. The molecule has 2 heterocycles. The van der Waals surface area contributed by atoms with Crippen molar-refractivity contribution in [2.45, 2.75) is 13.0 Å². The van der Waals surface area contributed by atoms with Gasteiger partial charge >= 0.3 is 0 Å². The molecule has 1 amide bonds. The molecule has 3 nitrogen and oxygen atoms in total. The summed E-state index contributed by atoms with van der Waals surface area (Å²) in [6.07, 6.45) is 1.96. The highest BCUT2D eigenvalue weighted by atomic mass is 35.5. The number of halogens is 3. The van der Waals surface area contributed by atoms with Crippen molar-refractivity contribution in [3.8, 4) is 0 Å². The molecule has 0 spiro atoms. The highest BCUT2D eigenvalue weighted by Gasteiger charge is 2.27. The summed E-state index contributed by atoms with van der Waals surface area (Å²) < 4.78 is 0. The second-order valence-electron chi connectivity index (χ2n) is 4.53. The van der Waals surface area contributed by atoms with Gasteiger partial charge in [-0.3, -0.25) is 4.79 Å². The van der Waals surface area contributed by atoms with Gasteiger partial charge in [-0.25, -0.2) is 4.98 Å². The molecule has 0 saturated heterocycles. The monoisotopic (exact) mass is 326 g/mol. The van der Waals surface area contributed by atoms with Gasteiger partial charge in [0.05, 0.1) is 18.0 Å². The van der Waals surface area contributed by atoms with Gasteiger partial charge in [0, 0.05) is 22.5 Å². The van der Waals surface area contributed by atoms with Crippen LogP contribution in [-0.4, -0.2) is 10.9 Å². The fourth-order valence-electron chi connectivity index (χ4n) is 2.23. The van der Waals surface area contributed by atoms with Gasteiger partial charge in [-0.05, 0) is 23.8 Å². The normalized spacial score (nSPS) is 13.8. The van der Waals surface area contributed by atoms with E-state index in [2.05, 4.69) is 4.98 Å². The molecular formula is C14H9Cl3N2O. The van der Waals surface area contributed by atoms with E-state index in [4.69, 9.17) is 34.8 Å². The maximum atomic E-state index is 12.1. The molecule has 0 N–H and O–H groups in total. The number of carbonyl (C=O) groups excluding carboxylic acids is 1. The number of pyridine rings is 1. The first-order valence-electron chi connectivity index (χ1n) is 5.93. The molecule has 1 aromatic heterocycles. The largest absolute Gasteiger partial charge is 0.307 e. The third kappa shape index (κ3) is 2.49. The summed E-state index contributed by atoms with van der Waals surface area (Å²) in [5, 5.41) is 1.42. The van der Waals surface area contributed by atoms with Crippen LogP contribution in [0.5, 0.6) is 0 Å². The van der Waals surface area contributed by atoms with Crippen molar-refractivity contribution in [1.29, 1.82) is 0 Å². The van der Waals surface area contributed by atoms with E-state index in [-0.39, 0.29) is 5.91 Å². The Balaban J connectivity index is 1.95. The molecule has 0 aliphatic carbocycles. The molecule has 2 aromatic rings. The minimum Gasteiger partial charge on any atom is -0.307 e. The Morgan fingerprint density at radius 3 is 2.75 bits per heavy atom. The minimum absolute atomic E-state index is 0.0216. The number of amides is 1. The Kier molecular flexibility index (Phi) is 3.59. The summed E-state index contributed by atoms with van der Waals surface area (Å²) in [7, 11) is 0. The van der Waals surface area contributed by atoms with Crippen LogP contribution in [0.1, 0.15) is 11.1 Å². The molecule has 20 heavy (non-hydrogen) atoms. The Morgan fingerprint density at radius 1 is 1.20 bits per heavy atom. The van der Waals surface area contributed by atoms with Crippen LogP contribution in [0, 0.1) is 0 Å². The molecule has 1 aromatic carbocycles. The highest BCUT2D eigenvalue weighted by molar-refractivity contribution is 6.34. The van der Waals surface area contributed by atoms with Crippen molar-refractivity contribution >= 4 is 46.4 Å². The van der Waals surface area contributed by atoms with E-state index < -0.39 is 0 Å². The average molecular weight is 328 g/mol. The van der Waals surface area contributed by atoms with Crippen LogP contribution < -0.4 is 4.90 Å².